The number of ether oxygens (including phenoxy) is 1. The lowest BCUT2D eigenvalue weighted by Crippen LogP contribution is -1.96. The van der Waals surface area contributed by atoms with E-state index in [0.717, 1.165) is 16.9 Å². The molecule has 4 heteroatoms. The Morgan fingerprint density at radius 2 is 2.05 bits per heavy atom. The van der Waals surface area contributed by atoms with Crippen molar-refractivity contribution in [2.45, 2.75) is 6.92 Å². The van der Waals surface area contributed by atoms with E-state index < -0.39 is 0 Å². The van der Waals surface area contributed by atoms with Crippen LogP contribution >= 0.6 is 11.6 Å². The van der Waals surface area contributed by atoms with E-state index >= 15 is 0 Å². The zero-order chi connectivity index (χ0) is 13.8. The van der Waals surface area contributed by atoms with Crippen LogP contribution < -0.4 is 10.1 Å². The summed E-state index contributed by atoms with van der Waals surface area (Å²) in [5.41, 5.74) is 3.22. The molecule has 0 amide bonds. The summed E-state index contributed by atoms with van der Waals surface area (Å²) in [6.45, 7) is 1.95. The molecule has 0 aliphatic heterocycles. The minimum absolute atomic E-state index is 0.527. The predicted octanol–water partition coefficient (Wildman–Crippen LogP) is 4.27. The highest BCUT2D eigenvalue weighted by Crippen LogP contribution is 2.30. The van der Waals surface area contributed by atoms with Crippen molar-refractivity contribution in [1.82, 2.24) is 0 Å². The van der Waals surface area contributed by atoms with Crippen LogP contribution in [0.1, 0.15) is 11.1 Å². The van der Waals surface area contributed by atoms with Crippen LogP contribution in [0.3, 0.4) is 0 Å². The molecule has 0 spiro atoms. The molecule has 1 N–H and O–H groups in total. The number of nitrogens with zero attached hydrogens (tertiary/aromatic N) is 1. The maximum atomic E-state index is 9.12. The van der Waals surface area contributed by atoms with Crippen LogP contribution in [0.2, 0.25) is 5.02 Å². The molecule has 0 heterocycles. The summed E-state index contributed by atoms with van der Waals surface area (Å²) < 4.78 is 5.11. The van der Waals surface area contributed by atoms with Gasteiger partial charge in [-0.3, -0.25) is 0 Å². The molecule has 0 radical (unpaired) electrons. The molecule has 0 bridgehead atoms. The number of benzene rings is 2. The van der Waals surface area contributed by atoms with Crippen LogP contribution in [0.15, 0.2) is 36.4 Å². The van der Waals surface area contributed by atoms with E-state index in [9.17, 15) is 0 Å². The summed E-state index contributed by atoms with van der Waals surface area (Å²) in [4.78, 5) is 0. The van der Waals surface area contributed by atoms with E-state index in [1.807, 2.05) is 25.1 Å². The van der Waals surface area contributed by atoms with Crippen molar-refractivity contribution in [2.75, 3.05) is 12.4 Å². The number of halogens is 1. The lowest BCUT2D eigenvalue weighted by molar-refractivity contribution is 0.415. The molecule has 0 fully saturated rings. The lowest BCUT2D eigenvalue weighted by atomic mass is 10.1. The second-order valence-electron chi connectivity index (χ2n) is 4.08. The first-order valence-corrected chi connectivity index (χ1v) is 6.13. The van der Waals surface area contributed by atoms with Crippen molar-refractivity contribution in [3.63, 3.8) is 0 Å². The molecule has 2 aromatic carbocycles. The third-order valence-corrected chi connectivity index (χ3v) is 3.11. The smallest absolute Gasteiger partial charge is 0.137 e. The minimum Gasteiger partial charge on any atom is -0.495 e. The second kappa shape index (κ2) is 5.64. The van der Waals surface area contributed by atoms with Crippen LogP contribution in [-0.4, -0.2) is 7.11 Å². The SMILES string of the molecule is COc1ccc(Nc2c(C)cccc2C#N)cc1Cl. The van der Waals surface area contributed by atoms with Gasteiger partial charge in [0.15, 0.2) is 0 Å². The van der Waals surface area contributed by atoms with E-state index in [-0.39, 0.29) is 0 Å². The van der Waals surface area contributed by atoms with Crippen molar-refractivity contribution in [3.8, 4) is 11.8 Å². The molecule has 2 rings (SSSR count). The first-order chi connectivity index (χ1) is 9.15. The maximum Gasteiger partial charge on any atom is 0.137 e. The van der Waals surface area contributed by atoms with Crippen molar-refractivity contribution in [1.29, 1.82) is 5.26 Å². The van der Waals surface area contributed by atoms with Crippen LogP contribution in [0, 0.1) is 18.3 Å². The van der Waals surface area contributed by atoms with Gasteiger partial charge in [-0.25, -0.2) is 0 Å². The first kappa shape index (κ1) is 13.3. The van der Waals surface area contributed by atoms with Crippen LogP contribution in [-0.2, 0) is 0 Å². The Labute approximate surface area is 117 Å². The predicted molar refractivity (Wildman–Crippen MR) is 77.2 cm³/mol. The molecular weight excluding hydrogens is 260 g/mol. The lowest BCUT2D eigenvalue weighted by Gasteiger charge is -2.12. The normalized spacial score (nSPS) is 9.79. The largest absolute Gasteiger partial charge is 0.495 e. The highest BCUT2D eigenvalue weighted by Gasteiger charge is 2.07. The highest BCUT2D eigenvalue weighted by atomic mass is 35.5. The zero-order valence-corrected chi connectivity index (χ0v) is 11.5. The fraction of sp³-hybridized carbons (Fsp3) is 0.133. The molecule has 19 heavy (non-hydrogen) atoms. The topological polar surface area (TPSA) is 45.0 Å². The van der Waals surface area contributed by atoms with Gasteiger partial charge in [0.1, 0.15) is 11.8 Å². The number of nitriles is 1. The number of hydrogen-bond acceptors (Lipinski definition) is 3. The van der Waals surface area contributed by atoms with Gasteiger partial charge < -0.3 is 10.1 Å². The number of aryl methyl sites for hydroxylation is 1. The summed E-state index contributed by atoms with van der Waals surface area (Å²) in [6.07, 6.45) is 0. The highest BCUT2D eigenvalue weighted by molar-refractivity contribution is 6.32. The van der Waals surface area contributed by atoms with Gasteiger partial charge in [-0.05, 0) is 36.8 Å². The number of nitrogens with one attached hydrogen (secondary N) is 1. The summed E-state index contributed by atoms with van der Waals surface area (Å²) in [5.74, 6) is 0.623. The van der Waals surface area contributed by atoms with Gasteiger partial charge in [0, 0.05) is 5.69 Å². The molecule has 0 atom stereocenters. The summed E-state index contributed by atoms with van der Waals surface area (Å²) in [7, 11) is 1.57. The van der Waals surface area contributed by atoms with Crippen LogP contribution in [0.5, 0.6) is 5.75 Å². The van der Waals surface area contributed by atoms with E-state index in [1.165, 1.54) is 0 Å². The molecule has 0 aromatic heterocycles. The monoisotopic (exact) mass is 272 g/mol. The average Bonchev–Trinajstić information content (AvgIpc) is 2.41. The molecule has 96 valence electrons. The standard InChI is InChI=1S/C15H13ClN2O/c1-10-4-3-5-11(9-17)15(10)18-12-6-7-14(19-2)13(16)8-12/h3-8,18H,1-2H3. The molecule has 3 nitrogen and oxygen atoms in total. The molecule has 0 unspecified atom stereocenters. The molecule has 0 aliphatic rings. The van der Waals surface area contributed by atoms with Gasteiger partial charge >= 0.3 is 0 Å². The Balaban J connectivity index is 2.37. The summed E-state index contributed by atoms with van der Waals surface area (Å²) >= 11 is 6.08. The van der Waals surface area contributed by atoms with Gasteiger partial charge in [0.25, 0.3) is 0 Å². The third kappa shape index (κ3) is 2.81. The molecule has 2 aromatic rings. The Kier molecular flexibility index (Phi) is 3.94. The maximum absolute atomic E-state index is 9.12. The number of rotatable bonds is 3. The summed E-state index contributed by atoms with van der Waals surface area (Å²) in [5, 5.41) is 12.9. The van der Waals surface area contributed by atoms with E-state index in [2.05, 4.69) is 11.4 Å². The number of para-hydroxylation sites is 1. The molecule has 0 saturated carbocycles. The Bertz CT molecular complexity index is 647. The van der Waals surface area contributed by atoms with Gasteiger partial charge in [-0.1, -0.05) is 23.7 Å². The second-order valence-corrected chi connectivity index (χ2v) is 4.49. The minimum atomic E-state index is 0.527. The zero-order valence-electron chi connectivity index (χ0n) is 10.7. The van der Waals surface area contributed by atoms with E-state index in [4.69, 9.17) is 21.6 Å². The van der Waals surface area contributed by atoms with E-state index in [1.54, 1.807) is 25.3 Å². The third-order valence-electron chi connectivity index (χ3n) is 2.81. The molecular formula is C15H13ClN2O. The Morgan fingerprint density at radius 3 is 2.68 bits per heavy atom. The average molecular weight is 273 g/mol. The fourth-order valence-corrected chi connectivity index (χ4v) is 2.07. The summed E-state index contributed by atoms with van der Waals surface area (Å²) in [6, 6.07) is 13.2. The fourth-order valence-electron chi connectivity index (χ4n) is 1.82. The number of hydrogen-bond donors (Lipinski definition) is 1. The van der Waals surface area contributed by atoms with Crippen molar-refractivity contribution < 1.29 is 4.74 Å². The van der Waals surface area contributed by atoms with Crippen molar-refractivity contribution >= 4 is 23.0 Å². The van der Waals surface area contributed by atoms with Crippen molar-refractivity contribution in [2.24, 2.45) is 0 Å². The number of methoxy groups -OCH3 is 1. The van der Waals surface area contributed by atoms with Crippen LogP contribution in [0.25, 0.3) is 0 Å². The van der Waals surface area contributed by atoms with Gasteiger partial charge in [-0.15, -0.1) is 0 Å². The molecule has 0 saturated heterocycles. The molecule has 0 aliphatic carbocycles. The first-order valence-electron chi connectivity index (χ1n) is 5.76. The quantitative estimate of drug-likeness (QED) is 0.907. The van der Waals surface area contributed by atoms with Gasteiger partial charge in [0.2, 0.25) is 0 Å². The van der Waals surface area contributed by atoms with Gasteiger partial charge in [0.05, 0.1) is 23.4 Å². The van der Waals surface area contributed by atoms with E-state index in [0.29, 0.717) is 16.3 Å². The van der Waals surface area contributed by atoms with Crippen LogP contribution in [0.4, 0.5) is 11.4 Å². The Hall–Kier alpha value is -2.18. The van der Waals surface area contributed by atoms with Crippen molar-refractivity contribution in [3.05, 3.63) is 52.5 Å². The number of anilines is 2. The van der Waals surface area contributed by atoms with Gasteiger partial charge in [-0.2, -0.15) is 5.26 Å². The Morgan fingerprint density at radius 1 is 1.26 bits per heavy atom.